The number of nitrogens with zero attached hydrogens (tertiary/aromatic N) is 1. The fourth-order valence-corrected chi connectivity index (χ4v) is 3.81. The van der Waals surface area contributed by atoms with Crippen LogP contribution in [0.2, 0.25) is 0 Å². The minimum atomic E-state index is 0.358. The Morgan fingerprint density at radius 3 is 2.43 bits per heavy atom. The lowest BCUT2D eigenvalue weighted by atomic mass is 9.68. The Bertz CT molecular complexity index is 393. The number of unbranched alkanes of at least 4 members (excludes halogenated alkanes) is 1. The SMILES string of the molecule is CCCCN(C)CC1(c2ccccc2)CCC(NC)CC1. The lowest BCUT2D eigenvalue weighted by Gasteiger charge is -2.43. The normalized spacial score (nSPS) is 26.2. The Balaban J connectivity index is 2.11. The summed E-state index contributed by atoms with van der Waals surface area (Å²) >= 11 is 0. The summed E-state index contributed by atoms with van der Waals surface area (Å²) in [5, 5.41) is 3.47. The van der Waals surface area contributed by atoms with Crippen LogP contribution in [0, 0.1) is 0 Å². The van der Waals surface area contributed by atoms with Gasteiger partial charge in [-0.05, 0) is 58.3 Å². The molecular weight excluding hydrogens is 256 g/mol. The molecule has 1 N–H and O–H groups in total. The second-order valence-corrected chi connectivity index (χ2v) is 6.80. The summed E-state index contributed by atoms with van der Waals surface area (Å²) in [6.07, 6.45) is 7.79. The minimum Gasteiger partial charge on any atom is -0.317 e. The molecule has 0 amide bonds. The molecule has 0 radical (unpaired) electrons. The molecule has 0 aromatic heterocycles. The number of hydrogen-bond donors (Lipinski definition) is 1. The zero-order valence-corrected chi connectivity index (χ0v) is 14.1. The van der Waals surface area contributed by atoms with E-state index < -0.39 is 0 Å². The molecule has 1 aliphatic rings. The van der Waals surface area contributed by atoms with Crippen LogP contribution < -0.4 is 5.32 Å². The summed E-state index contributed by atoms with van der Waals surface area (Å²) in [6, 6.07) is 11.9. The van der Waals surface area contributed by atoms with Crippen molar-refractivity contribution in [2.75, 3.05) is 27.2 Å². The van der Waals surface area contributed by atoms with E-state index in [1.807, 2.05) is 0 Å². The Morgan fingerprint density at radius 2 is 1.86 bits per heavy atom. The maximum atomic E-state index is 3.47. The molecule has 0 atom stereocenters. The van der Waals surface area contributed by atoms with Crippen LogP contribution in [0.25, 0.3) is 0 Å². The van der Waals surface area contributed by atoms with E-state index in [0.717, 1.165) is 0 Å². The molecule has 1 aliphatic carbocycles. The van der Waals surface area contributed by atoms with Crippen LogP contribution in [0.1, 0.15) is 51.0 Å². The Morgan fingerprint density at radius 1 is 1.19 bits per heavy atom. The number of likely N-dealkylation sites (N-methyl/N-ethyl adjacent to an activating group) is 1. The van der Waals surface area contributed by atoms with Crippen LogP contribution in [0.4, 0.5) is 0 Å². The van der Waals surface area contributed by atoms with Gasteiger partial charge in [0, 0.05) is 18.0 Å². The first kappa shape index (κ1) is 16.5. The van der Waals surface area contributed by atoms with Crippen molar-refractivity contribution in [3.63, 3.8) is 0 Å². The van der Waals surface area contributed by atoms with Crippen LogP contribution in [0.3, 0.4) is 0 Å². The van der Waals surface area contributed by atoms with Crippen molar-refractivity contribution in [1.29, 1.82) is 0 Å². The molecule has 2 nitrogen and oxygen atoms in total. The average molecular weight is 288 g/mol. The average Bonchev–Trinajstić information content (AvgIpc) is 2.54. The lowest BCUT2D eigenvalue weighted by Crippen LogP contribution is -2.45. The largest absolute Gasteiger partial charge is 0.317 e. The number of rotatable bonds is 7. The molecule has 2 rings (SSSR count). The smallest absolute Gasteiger partial charge is 0.00813 e. The Hall–Kier alpha value is -0.860. The van der Waals surface area contributed by atoms with Crippen LogP contribution in [0.15, 0.2) is 30.3 Å². The minimum absolute atomic E-state index is 0.358. The summed E-state index contributed by atoms with van der Waals surface area (Å²) < 4.78 is 0. The molecule has 1 saturated carbocycles. The number of hydrogen-bond acceptors (Lipinski definition) is 2. The van der Waals surface area contributed by atoms with Gasteiger partial charge in [-0.1, -0.05) is 43.7 Å². The first-order chi connectivity index (χ1) is 10.2. The topological polar surface area (TPSA) is 15.3 Å². The number of nitrogens with one attached hydrogen (secondary N) is 1. The van der Waals surface area contributed by atoms with E-state index in [1.54, 1.807) is 5.56 Å². The summed E-state index contributed by atoms with van der Waals surface area (Å²) in [6.45, 7) is 4.70. The van der Waals surface area contributed by atoms with Gasteiger partial charge in [0.05, 0.1) is 0 Å². The highest BCUT2D eigenvalue weighted by molar-refractivity contribution is 5.27. The van der Waals surface area contributed by atoms with Crippen molar-refractivity contribution in [3.8, 4) is 0 Å². The van der Waals surface area contributed by atoms with Gasteiger partial charge in [0.15, 0.2) is 0 Å². The van der Waals surface area contributed by atoms with Gasteiger partial charge in [-0.3, -0.25) is 0 Å². The van der Waals surface area contributed by atoms with Crippen molar-refractivity contribution in [2.24, 2.45) is 0 Å². The molecule has 0 spiro atoms. The third-order valence-electron chi connectivity index (χ3n) is 5.20. The van der Waals surface area contributed by atoms with Gasteiger partial charge < -0.3 is 10.2 Å². The van der Waals surface area contributed by atoms with Gasteiger partial charge in [0.2, 0.25) is 0 Å². The summed E-state index contributed by atoms with van der Waals surface area (Å²) in [7, 11) is 4.40. The molecule has 0 saturated heterocycles. The second-order valence-electron chi connectivity index (χ2n) is 6.80. The second kappa shape index (κ2) is 7.95. The van der Waals surface area contributed by atoms with E-state index in [0.29, 0.717) is 11.5 Å². The Kier molecular flexibility index (Phi) is 6.25. The molecule has 0 aliphatic heterocycles. The third-order valence-corrected chi connectivity index (χ3v) is 5.20. The zero-order chi connectivity index (χ0) is 15.1. The van der Waals surface area contributed by atoms with Gasteiger partial charge >= 0.3 is 0 Å². The standard InChI is InChI=1S/C19H32N2/c1-4-5-15-21(3)16-19(17-9-7-6-8-10-17)13-11-18(20-2)12-14-19/h6-10,18,20H,4-5,11-16H2,1-3H3. The van der Waals surface area contributed by atoms with E-state index in [2.05, 4.69) is 61.6 Å². The molecule has 21 heavy (non-hydrogen) atoms. The van der Waals surface area contributed by atoms with Crippen molar-refractivity contribution in [1.82, 2.24) is 10.2 Å². The fourth-order valence-electron chi connectivity index (χ4n) is 3.81. The number of benzene rings is 1. The molecule has 1 aromatic carbocycles. The highest BCUT2D eigenvalue weighted by atomic mass is 15.1. The van der Waals surface area contributed by atoms with Gasteiger partial charge in [-0.25, -0.2) is 0 Å². The molecule has 2 heteroatoms. The third kappa shape index (κ3) is 4.31. The first-order valence-corrected chi connectivity index (χ1v) is 8.61. The highest BCUT2D eigenvalue weighted by Gasteiger charge is 2.37. The van der Waals surface area contributed by atoms with E-state index in [9.17, 15) is 0 Å². The molecular formula is C19H32N2. The Labute approximate surface area is 130 Å². The molecule has 0 bridgehead atoms. The van der Waals surface area contributed by atoms with Crippen LogP contribution in [0.5, 0.6) is 0 Å². The van der Waals surface area contributed by atoms with E-state index in [4.69, 9.17) is 0 Å². The van der Waals surface area contributed by atoms with Crippen LogP contribution in [-0.2, 0) is 5.41 Å². The van der Waals surface area contributed by atoms with E-state index >= 15 is 0 Å². The van der Waals surface area contributed by atoms with Crippen molar-refractivity contribution in [3.05, 3.63) is 35.9 Å². The van der Waals surface area contributed by atoms with Crippen molar-refractivity contribution < 1.29 is 0 Å². The predicted octanol–water partition coefficient (Wildman–Crippen LogP) is 3.82. The van der Waals surface area contributed by atoms with Crippen molar-refractivity contribution >= 4 is 0 Å². The highest BCUT2D eigenvalue weighted by Crippen LogP contribution is 2.40. The van der Waals surface area contributed by atoms with Gasteiger partial charge in [-0.2, -0.15) is 0 Å². The monoisotopic (exact) mass is 288 g/mol. The van der Waals surface area contributed by atoms with Gasteiger partial charge in [0.1, 0.15) is 0 Å². The molecule has 1 fully saturated rings. The van der Waals surface area contributed by atoms with E-state index in [1.165, 1.54) is 51.6 Å². The zero-order valence-electron chi connectivity index (χ0n) is 14.1. The fraction of sp³-hybridized carbons (Fsp3) is 0.684. The van der Waals surface area contributed by atoms with E-state index in [-0.39, 0.29) is 0 Å². The summed E-state index contributed by atoms with van der Waals surface area (Å²) in [5.74, 6) is 0. The molecule has 118 valence electrons. The lowest BCUT2D eigenvalue weighted by molar-refractivity contribution is 0.176. The summed E-state index contributed by atoms with van der Waals surface area (Å²) in [5.41, 5.74) is 1.90. The molecule has 0 unspecified atom stereocenters. The maximum absolute atomic E-state index is 3.47. The van der Waals surface area contributed by atoms with Crippen LogP contribution >= 0.6 is 0 Å². The maximum Gasteiger partial charge on any atom is 0.00813 e. The predicted molar refractivity (Wildman–Crippen MR) is 91.8 cm³/mol. The summed E-state index contributed by atoms with van der Waals surface area (Å²) in [4.78, 5) is 2.55. The van der Waals surface area contributed by atoms with Crippen molar-refractivity contribution in [2.45, 2.75) is 56.9 Å². The van der Waals surface area contributed by atoms with Gasteiger partial charge in [0.25, 0.3) is 0 Å². The first-order valence-electron chi connectivity index (χ1n) is 8.61. The molecule has 0 heterocycles. The van der Waals surface area contributed by atoms with Crippen LogP contribution in [-0.4, -0.2) is 38.1 Å². The van der Waals surface area contributed by atoms with Gasteiger partial charge in [-0.15, -0.1) is 0 Å². The molecule has 1 aromatic rings. The quantitative estimate of drug-likeness (QED) is 0.820.